The molecule has 266 valence electrons. The summed E-state index contributed by atoms with van der Waals surface area (Å²) in [7, 11) is 0. The highest BCUT2D eigenvalue weighted by atomic mass is 32.1. The Kier molecular flexibility index (Phi) is 7.03. The summed E-state index contributed by atoms with van der Waals surface area (Å²) in [6.07, 6.45) is 0. The van der Waals surface area contributed by atoms with Gasteiger partial charge in [-0.15, -0.1) is 11.3 Å². The molecule has 0 unspecified atom stereocenters. The summed E-state index contributed by atoms with van der Waals surface area (Å²) in [5.74, 6) is 1.78. The van der Waals surface area contributed by atoms with Crippen molar-refractivity contribution in [1.29, 1.82) is 0 Å². The van der Waals surface area contributed by atoms with Crippen molar-refractivity contribution in [3.05, 3.63) is 176 Å². The number of para-hydroxylation sites is 2. The van der Waals surface area contributed by atoms with Crippen LogP contribution in [0.3, 0.4) is 0 Å². The van der Waals surface area contributed by atoms with Gasteiger partial charge in [0.2, 0.25) is 0 Å². The van der Waals surface area contributed by atoms with Crippen LogP contribution in [0.25, 0.3) is 120 Å². The number of thiophene rings is 1. The van der Waals surface area contributed by atoms with E-state index < -0.39 is 0 Å². The van der Waals surface area contributed by atoms with Gasteiger partial charge in [0.15, 0.2) is 17.5 Å². The van der Waals surface area contributed by atoms with E-state index in [4.69, 9.17) is 23.8 Å². The van der Waals surface area contributed by atoms with Crippen LogP contribution in [0.15, 0.2) is 185 Å². The number of rotatable bonds is 5. The molecule has 4 heterocycles. The minimum Gasteiger partial charge on any atom is -0.455 e. The van der Waals surface area contributed by atoms with Crippen molar-refractivity contribution in [2.24, 2.45) is 0 Å². The quantitative estimate of drug-likeness (QED) is 0.175. The molecule has 0 N–H and O–H groups in total. The minimum absolute atomic E-state index is 0.558. The first-order chi connectivity index (χ1) is 28.2. The first kappa shape index (κ1) is 31.9. The summed E-state index contributed by atoms with van der Waals surface area (Å²) in [5.41, 5.74) is 10.3. The van der Waals surface area contributed by atoms with Gasteiger partial charge in [0, 0.05) is 58.4 Å². The van der Waals surface area contributed by atoms with Crippen LogP contribution < -0.4 is 0 Å². The molecule has 0 bridgehead atoms. The van der Waals surface area contributed by atoms with Crippen LogP contribution in [0.4, 0.5) is 0 Å². The molecular formula is C51H29N3O2S. The fourth-order valence-electron chi connectivity index (χ4n) is 8.35. The minimum atomic E-state index is 0.558. The van der Waals surface area contributed by atoms with Gasteiger partial charge in [-0.2, -0.15) is 0 Å². The first-order valence-electron chi connectivity index (χ1n) is 18.9. The largest absolute Gasteiger partial charge is 0.455 e. The predicted octanol–water partition coefficient (Wildman–Crippen LogP) is 14.4. The smallest absolute Gasteiger partial charge is 0.167 e. The molecule has 8 aromatic carbocycles. The molecule has 0 amide bonds. The van der Waals surface area contributed by atoms with Crippen molar-refractivity contribution in [3.63, 3.8) is 0 Å². The Morgan fingerprint density at radius 2 is 0.947 bits per heavy atom. The molecule has 0 saturated heterocycles. The zero-order valence-electron chi connectivity index (χ0n) is 30.3. The summed E-state index contributed by atoms with van der Waals surface area (Å²) in [5, 5.41) is 6.72. The van der Waals surface area contributed by atoms with Gasteiger partial charge in [0.1, 0.15) is 22.3 Å². The van der Waals surface area contributed by atoms with Crippen molar-refractivity contribution in [2.75, 3.05) is 0 Å². The first-order valence-corrected chi connectivity index (χ1v) is 19.7. The van der Waals surface area contributed by atoms with E-state index in [2.05, 4.69) is 97.1 Å². The summed E-state index contributed by atoms with van der Waals surface area (Å²) in [6.45, 7) is 0. The lowest BCUT2D eigenvalue weighted by molar-refractivity contribution is 0.669. The van der Waals surface area contributed by atoms with Gasteiger partial charge in [-0.05, 0) is 59.2 Å². The third-order valence-corrected chi connectivity index (χ3v) is 12.1. The average Bonchev–Trinajstić information content (AvgIpc) is 3.98. The lowest BCUT2D eigenvalue weighted by atomic mass is 9.92. The highest BCUT2D eigenvalue weighted by molar-refractivity contribution is 7.25. The maximum Gasteiger partial charge on any atom is 0.167 e. The average molecular weight is 748 g/mol. The number of fused-ring (bicyclic) bond motifs is 9. The van der Waals surface area contributed by atoms with E-state index in [0.717, 1.165) is 77.3 Å². The topological polar surface area (TPSA) is 65.0 Å². The number of aromatic nitrogens is 3. The second-order valence-electron chi connectivity index (χ2n) is 14.3. The molecule has 12 rings (SSSR count). The van der Waals surface area contributed by atoms with Crippen molar-refractivity contribution in [1.82, 2.24) is 15.0 Å². The molecule has 12 aromatic rings. The van der Waals surface area contributed by atoms with Crippen molar-refractivity contribution in [2.45, 2.75) is 0 Å². The SMILES string of the molecule is c1ccc(-c2nc(-c3ccccc3)nc(-c3cccc4c3oc3cc(-c5ccc(-c6cccc7sc8ccccc8c67)c6oc7ccccc7c56)ccc34)n2)cc1. The molecule has 4 aromatic heterocycles. The molecule has 0 spiro atoms. The van der Waals surface area contributed by atoms with Crippen molar-refractivity contribution in [3.8, 4) is 56.4 Å². The van der Waals surface area contributed by atoms with Crippen LogP contribution in [0.2, 0.25) is 0 Å². The molecule has 57 heavy (non-hydrogen) atoms. The van der Waals surface area contributed by atoms with E-state index in [1.807, 2.05) is 90.2 Å². The fraction of sp³-hybridized carbons (Fsp3) is 0. The molecule has 0 saturated carbocycles. The fourth-order valence-corrected chi connectivity index (χ4v) is 9.48. The van der Waals surface area contributed by atoms with Gasteiger partial charge >= 0.3 is 0 Å². The summed E-state index contributed by atoms with van der Waals surface area (Å²) >= 11 is 1.83. The van der Waals surface area contributed by atoms with E-state index in [1.54, 1.807) is 0 Å². The molecule has 0 aliphatic rings. The van der Waals surface area contributed by atoms with Gasteiger partial charge in [0.25, 0.3) is 0 Å². The standard InChI is InChI=1S/C51H29N3O2S/c1-3-13-30(14-4-1)49-52-50(31-15-5-2-6-16-31)54-51(53-49)40-21-11-20-36-34-26-25-32(29-42(34)56-47(36)40)33-27-28-37(48-46(33)38-17-7-9-22-41(38)55-48)35-19-12-24-44-45(35)39-18-8-10-23-43(39)57-44/h1-29H. The Labute approximate surface area is 330 Å². The van der Waals surface area contributed by atoms with Crippen LogP contribution in [0.5, 0.6) is 0 Å². The van der Waals surface area contributed by atoms with Crippen LogP contribution in [-0.4, -0.2) is 15.0 Å². The number of hydrogen-bond acceptors (Lipinski definition) is 6. The number of furan rings is 2. The second kappa shape index (κ2) is 12.6. The Morgan fingerprint density at radius 3 is 1.75 bits per heavy atom. The highest BCUT2D eigenvalue weighted by Crippen LogP contribution is 2.47. The molecule has 6 heteroatoms. The zero-order valence-corrected chi connectivity index (χ0v) is 31.1. The zero-order chi connectivity index (χ0) is 37.5. The van der Waals surface area contributed by atoms with Gasteiger partial charge in [-0.25, -0.2) is 15.0 Å². The van der Waals surface area contributed by atoms with Gasteiger partial charge < -0.3 is 8.83 Å². The lowest BCUT2D eigenvalue weighted by Crippen LogP contribution is -2.00. The predicted molar refractivity (Wildman–Crippen MR) is 234 cm³/mol. The highest BCUT2D eigenvalue weighted by Gasteiger charge is 2.22. The summed E-state index contributed by atoms with van der Waals surface area (Å²) in [6, 6.07) is 60.8. The Morgan fingerprint density at radius 1 is 0.333 bits per heavy atom. The molecule has 0 aliphatic carbocycles. The third kappa shape index (κ3) is 5.04. The number of benzene rings is 8. The molecule has 5 nitrogen and oxygen atoms in total. The molecule has 0 atom stereocenters. The van der Waals surface area contributed by atoms with Crippen LogP contribution in [0, 0.1) is 0 Å². The molecular weight excluding hydrogens is 719 g/mol. The number of nitrogens with zero attached hydrogens (tertiary/aromatic N) is 3. The molecule has 0 radical (unpaired) electrons. The summed E-state index contributed by atoms with van der Waals surface area (Å²) in [4.78, 5) is 14.9. The second-order valence-corrected chi connectivity index (χ2v) is 15.4. The van der Waals surface area contributed by atoms with E-state index in [0.29, 0.717) is 17.5 Å². The Hall–Kier alpha value is -7.41. The van der Waals surface area contributed by atoms with Gasteiger partial charge in [-0.1, -0.05) is 133 Å². The third-order valence-electron chi connectivity index (χ3n) is 11.0. The molecule has 0 aliphatic heterocycles. The monoisotopic (exact) mass is 747 g/mol. The maximum absolute atomic E-state index is 6.82. The van der Waals surface area contributed by atoms with Crippen LogP contribution in [0.1, 0.15) is 0 Å². The molecule has 0 fully saturated rings. The van der Waals surface area contributed by atoms with E-state index >= 15 is 0 Å². The van der Waals surface area contributed by atoms with Crippen molar-refractivity contribution < 1.29 is 8.83 Å². The van der Waals surface area contributed by atoms with Gasteiger partial charge in [0.05, 0.1) is 5.56 Å². The van der Waals surface area contributed by atoms with Gasteiger partial charge in [-0.3, -0.25) is 0 Å². The van der Waals surface area contributed by atoms with Crippen LogP contribution in [-0.2, 0) is 0 Å². The normalized spacial score (nSPS) is 11.9. The van der Waals surface area contributed by atoms with Crippen molar-refractivity contribution >= 4 is 75.4 Å². The summed E-state index contributed by atoms with van der Waals surface area (Å²) < 4.78 is 16.2. The van der Waals surface area contributed by atoms with E-state index in [-0.39, 0.29) is 0 Å². The number of hydrogen-bond donors (Lipinski definition) is 0. The lowest BCUT2D eigenvalue weighted by Gasteiger charge is -2.10. The maximum atomic E-state index is 6.82. The Balaban J connectivity index is 1.04. The van der Waals surface area contributed by atoms with E-state index in [1.165, 1.54) is 25.7 Å². The Bertz CT molecular complexity index is 3470. The van der Waals surface area contributed by atoms with Crippen LogP contribution >= 0.6 is 11.3 Å². The van der Waals surface area contributed by atoms with E-state index in [9.17, 15) is 0 Å².